The summed E-state index contributed by atoms with van der Waals surface area (Å²) in [5, 5.41) is 24.3. The Labute approximate surface area is 289 Å². The van der Waals surface area contributed by atoms with Gasteiger partial charge in [0, 0.05) is 22.2 Å². The van der Waals surface area contributed by atoms with Crippen molar-refractivity contribution in [3.8, 4) is 0 Å². The highest BCUT2D eigenvalue weighted by Crippen LogP contribution is 2.53. The molecule has 8 heteroatoms. The van der Waals surface area contributed by atoms with Gasteiger partial charge in [-0.1, -0.05) is 56.7 Å². The molecule has 1 aromatic carbocycles. The number of carbonyl (C=O) groups is 2. The number of benzene rings is 1. The van der Waals surface area contributed by atoms with Gasteiger partial charge in [0.2, 0.25) is 0 Å². The van der Waals surface area contributed by atoms with Crippen molar-refractivity contribution in [2.45, 2.75) is 191 Å². The monoisotopic (exact) mass is 666 g/mol. The number of carboxylic acids is 2. The van der Waals surface area contributed by atoms with Crippen LogP contribution in [0.3, 0.4) is 0 Å². The largest absolute Gasteiger partial charge is 0.477 e. The van der Waals surface area contributed by atoms with E-state index in [4.69, 9.17) is 9.68 Å². The Morgan fingerprint density at radius 2 is 1.04 bits per heavy atom. The van der Waals surface area contributed by atoms with E-state index in [1.54, 1.807) is 0 Å². The average molecular weight is 667 g/mol. The molecule has 4 fully saturated rings. The van der Waals surface area contributed by atoms with E-state index in [9.17, 15) is 19.8 Å². The average Bonchev–Trinajstić information content (AvgIpc) is 2.99. The van der Waals surface area contributed by atoms with Crippen LogP contribution in [0.5, 0.6) is 0 Å². The number of nitrogens with zero attached hydrogens (tertiary/aromatic N) is 2. The predicted molar refractivity (Wildman–Crippen MR) is 190 cm³/mol. The Balaban J connectivity index is 1.55. The van der Waals surface area contributed by atoms with E-state index in [-0.39, 0.29) is 46.2 Å². The van der Waals surface area contributed by atoms with Gasteiger partial charge >= 0.3 is 11.9 Å². The van der Waals surface area contributed by atoms with Gasteiger partial charge in [0.05, 0.1) is 12.2 Å². The minimum atomic E-state index is -1.43. The highest BCUT2D eigenvalue weighted by Gasteiger charge is 2.51. The maximum absolute atomic E-state index is 12.1. The Bertz CT molecular complexity index is 1300. The molecule has 0 radical (unpaired) electrons. The van der Waals surface area contributed by atoms with E-state index < -0.39 is 17.5 Å². The molecule has 0 bridgehead atoms. The molecule has 2 heterocycles. The van der Waals surface area contributed by atoms with Crippen molar-refractivity contribution in [3.05, 3.63) is 40.5 Å². The molecule has 1 aromatic rings. The lowest BCUT2D eigenvalue weighted by atomic mass is 9.66. The van der Waals surface area contributed by atoms with Crippen molar-refractivity contribution in [2.24, 2.45) is 0 Å². The van der Waals surface area contributed by atoms with Crippen molar-refractivity contribution in [3.63, 3.8) is 0 Å². The number of hydrogen-bond acceptors (Lipinski definition) is 6. The summed E-state index contributed by atoms with van der Waals surface area (Å²) in [7, 11) is 0. The molecule has 268 valence electrons. The number of aliphatic carboxylic acids is 2. The van der Waals surface area contributed by atoms with Crippen LogP contribution in [0.1, 0.15) is 174 Å². The van der Waals surface area contributed by atoms with Gasteiger partial charge in [-0.05, 0) is 141 Å². The Kier molecular flexibility index (Phi) is 10.9. The zero-order valence-electron chi connectivity index (χ0n) is 30.9. The molecule has 0 aromatic heterocycles. The fourth-order valence-electron chi connectivity index (χ4n) is 10.1. The highest BCUT2D eigenvalue weighted by molar-refractivity contribution is 6.16. The number of piperidine rings is 2. The van der Waals surface area contributed by atoms with E-state index >= 15 is 0 Å². The van der Waals surface area contributed by atoms with Crippen LogP contribution in [0.2, 0.25) is 0 Å². The van der Waals surface area contributed by atoms with E-state index in [1.807, 2.05) is 12.1 Å². The molecule has 0 unspecified atom stereocenters. The second-order valence-electron chi connectivity index (χ2n) is 17.8. The van der Waals surface area contributed by atoms with Gasteiger partial charge in [-0.15, -0.1) is 0 Å². The molecule has 5 rings (SSSR count). The van der Waals surface area contributed by atoms with Crippen molar-refractivity contribution in [1.82, 2.24) is 10.1 Å². The molecule has 0 amide bonds. The lowest BCUT2D eigenvalue weighted by molar-refractivity contribution is -0.311. The molecule has 2 N–H and O–H groups in total. The Morgan fingerprint density at radius 1 is 0.646 bits per heavy atom. The first kappa shape index (κ1) is 37.0. The molecule has 48 heavy (non-hydrogen) atoms. The van der Waals surface area contributed by atoms with Crippen LogP contribution in [0.25, 0.3) is 6.08 Å². The maximum Gasteiger partial charge on any atom is 0.343 e. The van der Waals surface area contributed by atoms with Gasteiger partial charge in [-0.3, -0.25) is 9.68 Å². The van der Waals surface area contributed by atoms with Crippen LogP contribution in [0.15, 0.2) is 23.8 Å². The van der Waals surface area contributed by atoms with Gasteiger partial charge in [-0.25, -0.2) is 9.59 Å². The number of hydrogen-bond donors (Lipinski definition) is 2. The van der Waals surface area contributed by atoms with Gasteiger partial charge in [-0.2, -0.15) is 10.1 Å². The quantitative estimate of drug-likeness (QED) is 0.153. The third kappa shape index (κ3) is 8.03. The molecule has 4 aliphatic rings. The van der Waals surface area contributed by atoms with Crippen LogP contribution in [-0.2, 0) is 19.3 Å². The molecule has 2 saturated heterocycles. The molecule has 2 aliphatic heterocycles. The summed E-state index contributed by atoms with van der Waals surface area (Å²) < 4.78 is 0. The molecule has 0 spiro atoms. The smallest absolute Gasteiger partial charge is 0.343 e. The van der Waals surface area contributed by atoms with Crippen LogP contribution in [0, 0.1) is 0 Å². The number of hydroxylamine groups is 4. The summed E-state index contributed by atoms with van der Waals surface area (Å²) in [5.74, 6) is -2.59. The maximum atomic E-state index is 12.1. The summed E-state index contributed by atoms with van der Waals surface area (Å²) >= 11 is 0. The van der Waals surface area contributed by atoms with Crippen molar-refractivity contribution >= 4 is 18.0 Å². The van der Waals surface area contributed by atoms with Crippen LogP contribution >= 0.6 is 0 Å². The summed E-state index contributed by atoms with van der Waals surface area (Å²) in [6, 6.07) is 6.11. The van der Waals surface area contributed by atoms with Gasteiger partial charge < -0.3 is 10.2 Å². The summed E-state index contributed by atoms with van der Waals surface area (Å²) in [6.07, 6.45) is 17.1. The summed E-state index contributed by atoms with van der Waals surface area (Å²) in [6.45, 7) is 18.2. The minimum Gasteiger partial charge on any atom is -0.477 e. The lowest BCUT2D eigenvalue weighted by Gasteiger charge is -2.56. The molecular weight excluding hydrogens is 604 g/mol. The van der Waals surface area contributed by atoms with E-state index in [1.165, 1.54) is 50.2 Å². The standard InChI is InChI=1S/C40H62N2O6/c1-37(2)23-28(24-38(3,4)41(37)47-30-17-11-9-12-18-30)32-21-15-16-27(22-33(35(43)44)36(45)46)34(32)29-25-39(5,6)42(40(7,8)26-29)48-31-19-13-10-14-20-31/h15-16,21-22,28-31H,9-14,17-20,23-26H2,1-8H3,(H,43,44)(H,45,46). The van der Waals surface area contributed by atoms with E-state index in [0.29, 0.717) is 5.56 Å². The fraction of sp³-hybridized carbons (Fsp3) is 0.750. The number of rotatable bonds is 9. The van der Waals surface area contributed by atoms with Gasteiger partial charge in [0.15, 0.2) is 0 Å². The first-order valence-electron chi connectivity index (χ1n) is 18.7. The molecular formula is C40H62N2O6. The van der Waals surface area contributed by atoms with E-state index in [0.717, 1.165) is 56.9 Å². The Morgan fingerprint density at radius 3 is 1.44 bits per heavy atom. The zero-order chi connectivity index (χ0) is 35.1. The van der Waals surface area contributed by atoms with Crippen LogP contribution in [-0.4, -0.2) is 66.6 Å². The van der Waals surface area contributed by atoms with Crippen molar-refractivity contribution in [1.29, 1.82) is 0 Å². The zero-order valence-corrected chi connectivity index (χ0v) is 30.9. The van der Waals surface area contributed by atoms with E-state index in [2.05, 4.69) is 71.6 Å². The topological polar surface area (TPSA) is 99.5 Å². The van der Waals surface area contributed by atoms with Crippen LogP contribution < -0.4 is 0 Å². The minimum absolute atomic E-state index is 0.0789. The van der Waals surface area contributed by atoms with Crippen molar-refractivity contribution < 1.29 is 29.5 Å². The SMILES string of the molecule is CC1(C)CC(c2cccc(C=C(C(=O)O)C(=O)O)c2C2CC(C)(C)N(OC3CCCCC3)C(C)(C)C2)CC(C)(C)N1OC1CCCCC1. The van der Waals surface area contributed by atoms with Gasteiger partial charge in [0.25, 0.3) is 0 Å². The molecule has 2 aliphatic carbocycles. The third-order valence-corrected chi connectivity index (χ3v) is 11.6. The molecule has 8 nitrogen and oxygen atoms in total. The molecule has 2 saturated carbocycles. The second kappa shape index (κ2) is 14.2. The number of carboxylic acid groups (broad SMARTS) is 2. The first-order valence-corrected chi connectivity index (χ1v) is 18.7. The fourth-order valence-corrected chi connectivity index (χ4v) is 10.1. The lowest BCUT2D eigenvalue weighted by Crippen LogP contribution is -2.61. The first-order chi connectivity index (χ1) is 22.4. The predicted octanol–water partition coefficient (Wildman–Crippen LogP) is 9.24. The third-order valence-electron chi connectivity index (χ3n) is 11.6. The van der Waals surface area contributed by atoms with Gasteiger partial charge in [0.1, 0.15) is 5.57 Å². The second-order valence-corrected chi connectivity index (χ2v) is 17.8. The van der Waals surface area contributed by atoms with Crippen molar-refractivity contribution in [2.75, 3.05) is 0 Å². The Hall–Kier alpha value is -2.26. The normalized spacial score (nSPS) is 25.8. The summed E-state index contributed by atoms with van der Waals surface area (Å²) in [4.78, 5) is 37.9. The molecule has 0 atom stereocenters. The highest BCUT2D eigenvalue weighted by atomic mass is 16.7. The van der Waals surface area contributed by atoms with Crippen LogP contribution in [0.4, 0.5) is 0 Å². The summed E-state index contributed by atoms with van der Waals surface area (Å²) in [5.41, 5.74) is 1.31.